The van der Waals surface area contributed by atoms with Gasteiger partial charge in [-0.3, -0.25) is 9.59 Å². The molecule has 1 amide bonds. The second-order valence-electron chi connectivity index (χ2n) is 6.54. The van der Waals surface area contributed by atoms with Gasteiger partial charge >= 0.3 is 0 Å². The minimum Gasteiger partial charge on any atom is -0.496 e. The molecule has 1 aromatic carbocycles. The van der Waals surface area contributed by atoms with Crippen LogP contribution in [-0.4, -0.2) is 18.8 Å². The van der Waals surface area contributed by atoms with E-state index in [1.165, 1.54) is 17.6 Å². The number of ether oxygens (including phenoxy) is 1. The summed E-state index contributed by atoms with van der Waals surface area (Å²) in [5.41, 5.74) is 0.432. The Hall–Kier alpha value is -2.86. The molecule has 0 atom stereocenters. The van der Waals surface area contributed by atoms with Crippen LogP contribution in [0.2, 0.25) is 0 Å². The average molecular weight is 381 g/mol. The second kappa shape index (κ2) is 7.04. The number of nitrogens with one attached hydrogen (secondary N) is 1. The normalized spacial score (nSPS) is 14.6. The third-order valence-electron chi connectivity index (χ3n) is 4.86. The highest BCUT2D eigenvalue weighted by Gasteiger charge is 2.52. The van der Waals surface area contributed by atoms with Crippen LogP contribution in [0.15, 0.2) is 59.2 Å². The predicted molar refractivity (Wildman–Crippen MR) is 102 cm³/mol. The topological polar surface area (TPSA) is 68.5 Å². The maximum atomic E-state index is 12.9. The molecule has 6 heteroatoms. The summed E-state index contributed by atoms with van der Waals surface area (Å²) < 4.78 is 10.6. The average Bonchev–Trinajstić information content (AvgIpc) is 3.10. The van der Waals surface area contributed by atoms with E-state index in [0.717, 1.165) is 29.0 Å². The lowest BCUT2D eigenvalue weighted by Gasteiger charge is -2.18. The zero-order valence-corrected chi connectivity index (χ0v) is 15.7. The van der Waals surface area contributed by atoms with E-state index in [-0.39, 0.29) is 11.7 Å². The van der Waals surface area contributed by atoms with Crippen LogP contribution in [0, 0.1) is 0 Å². The molecule has 1 aliphatic rings. The van der Waals surface area contributed by atoms with E-state index in [4.69, 9.17) is 9.15 Å². The van der Waals surface area contributed by atoms with Gasteiger partial charge in [0, 0.05) is 10.4 Å². The minimum absolute atomic E-state index is 0.000638. The fourth-order valence-corrected chi connectivity index (χ4v) is 4.14. The summed E-state index contributed by atoms with van der Waals surface area (Å²) in [5, 5.41) is 3.02. The number of para-hydroxylation sites is 1. The molecule has 0 saturated heterocycles. The predicted octanol–water partition coefficient (Wildman–Crippen LogP) is 3.93. The molecule has 1 aliphatic carbocycles. The van der Waals surface area contributed by atoms with E-state index in [1.807, 2.05) is 30.3 Å². The highest BCUT2D eigenvalue weighted by molar-refractivity contribution is 7.14. The van der Waals surface area contributed by atoms with E-state index in [9.17, 15) is 9.59 Å². The molecule has 3 aromatic rings. The van der Waals surface area contributed by atoms with E-state index >= 15 is 0 Å². The highest BCUT2D eigenvalue weighted by atomic mass is 32.1. The van der Waals surface area contributed by atoms with Crippen LogP contribution in [0.1, 0.15) is 38.7 Å². The molecule has 2 heterocycles. The number of hydrogen-bond donors (Lipinski definition) is 1. The van der Waals surface area contributed by atoms with Crippen LogP contribution in [0.5, 0.6) is 5.75 Å². The molecule has 1 saturated carbocycles. The second-order valence-corrected chi connectivity index (χ2v) is 7.71. The van der Waals surface area contributed by atoms with Gasteiger partial charge in [-0.05, 0) is 43.2 Å². The molecule has 2 aromatic heterocycles. The first-order valence-electron chi connectivity index (χ1n) is 8.73. The molecule has 4 rings (SSSR count). The number of methoxy groups -OCH3 is 1. The fourth-order valence-electron chi connectivity index (χ4n) is 3.24. The number of carbonyl (C=O) groups is 2. The molecule has 0 bridgehead atoms. The Bertz CT molecular complexity index is 970. The Labute approximate surface area is 161 Å². The van der Waals surface area contributed by atoms with Gasteiger partial charge in [-0.1, -0.05) is 18.2 Å². The van der Waals surface area contributed by atoms with Gasteiger partial charge in [-0.2, -0.15) is 0 Å². The Balaban J connectivity index is 1.44. The molecule has 1 N–H and O–H groups in total. The lowest BCUT2D eigenvalue weighted by Crippen LogP contribution is -2.34. The van der Waals surface area contributed by atoms with Gasteiger partial charge in [0.15, 0.2) is 5.76 Å². The number of hydrogen-bond acceptors (Lipinski definition) is 5. The van der Waals surface area contributed by atoms with Crippen molar-refractivity contribution < 1.29 is 18.7 Å². The number of thiophene rings is 1. The third kappa shape index (κ3) is 3.28. The van der Waals surface area contributed by atoms with Crippen LogP contribution in [0.4, 0.5) is 0 Å². The first-order chi connectivity index (χ1) is 13.1. The summed E-state index contributed by atoms with van der Waals surface area (Å²) >= 11 is 1.37. The maximum Gasteiger partial charge on any atom is 0.238 e. The molecular weight excluding hydrogens is 362 g/mol. The quantitative estimate of drug-likeness (QED) is 0.630. The standard InChI is InChI=1S/C21H19NO4S/c1-25-16-6-3-2-5-15(16)21(10-11-21)20(24)22-13-14-8-9-18(27-14)19(23)17-7-4-12-26-17/h2-9,12H,10-11,13H2,1H3,(H,22,24). The molecule has 27 heavy (non-hydrogen) atoms. The molecule has 0 unspecified atom stereocenters. The van der Waals surface area contributed by atoms with Crippen molar-refractivity contribution in [1.82, 2.24) is 5.32 Å². The highest BCUT2D eigenvalue weighted by Crippen LogP contribution is 2.51. The van der Waals surface area contributed by atoms with Crippen LogP contribution in [-0.2, 0) is 16.8 Å². The number of amides is 1. The van der Waals surface area contributed by atoms with Crippen LogP contribution >= 0.6 is 11.3 Å². The summed E-state index contributed by atoms with van der Waals surface area (Å²) in [5.74, 6) is 0.919. The molecular formula is C21H19NO4S. The van der Waals surface area contributed by atoms with Crippen LogP contribution < -0.4 is 10.1 Å². The monoisotopic (exact) mass is 381 g/mol. The van der Waals surface area contributed by atoms with Crippen molar-refractivity contribution in [2.75, 3.05) is 7.11 Å². The Morgan fingerprint density at radius 2 is 1.96 bits per heavy atom. The van der Waals surface area contributed by atoms with Gasteiger partial charge < -0.3 is 14.5 Å². The zero-order valence-electron chi connectivity index (χ0n) is 14.9. The van der Waals surface area contributed by atoms with Gasteiger partial charge in [0.05, 0.1) is 30.2 Å². The first kappa shape index (κ1) is 17.5. The largest absolute Gasteiger partial charge is 0.496 e. The van der Waals surface area contributed by atoms with E-state index in [2.05, 4.69) is 5.32 Å². The fraction of sp³-hybridized carbons (Fsp3) is 0.238. The molecule has 5 nitrogen and oxygen atoms in total. The summed E-state index contributed by atoms with van der Waals surface area (Å²) in [6, 6.07) is 14.6. The summed E-state index contributed by atoms with van der Waals surface area (Å²) in [6.45, 7) is 0.395. The molecule has 0 aliphatic heterocycles. The van der Waals surface area contributed by atoms with Gasteiger partial charge in [0.1, 0.15) is 5.75 Å². The molecule has 1 fully saturated rings. The molecule has 138 valence electrons. The van der Waals surface area contributed by atoms with Crippen molar-refractivity contribution in [1.29, 1.82) is 0 Å². The lowest BCUT2D eigenvalue weighted by atomic mass is 9.94. The number of ketones is 1. The van der Waals surface area contributed by atoms with Crippen molar-refractivity contribution in [2.45, 2.75) is 24.8 Å². The van der Waals surface area contributed by atoms with E-state index in [0.29, 0.717) is 17.2 Å². The van der Waals surface area contributed by atoms with Crippen molar-refractivity contribution in [3.05, 3.63) is 75.9 Å². The van der Waals surface area contributed by atoms with Gasteiger partial charge in [-0.15, -0.1) is 11.3 Å². The van der Waals surface area contributed by atoms with Crippen molar-refractivity contribution >= 4 is 23.0 Å². The lowest BCUT2D eigenvalue weighted by molar-refractivity contribution is -0.123. The van der Waals surface area contributed by atoms with Crippen molar-refractivity contribution in [3.63, 3.8) is 0 Å². The number of carbonyl (C=O) groups excluding carboxylic acids is 2. The number of benzene rings is 1. The van der Waals surface area contributed by atoms with Gasteiger partial charge in [0.2, 0.25) is 11.7 Å². The van der Waals surface area contributed by atoms with Crippen LogP contribution in [0.3, 0.4) is 0 Å². The SMILES string of the molecule is COc1ccccc1C1(C(=O)NCc2ccc(C(=O)c3ccco3)s2)CC1. The van der Waals surface area contributed by atoms with Crippen molar-refractivity contribution in [3.8, 4) is 5.75 Å². The van der Waals surface area contributed by atoms with E-state index in [1.54, 1.807) is 25.3 Å². The minimum atomic E-state index is -0.503. The van der Waals surface area contributed by atoms with E-state index < -0.39 is 5.41 Å². The maximum absolute atomic E-state index is 12.9. The van der Waals surface area contributed by atoms with Gasteiger partial charge in [-0.25, -0.2) is 0 Å². The molecule has 0 spiro atoms. The third-order valence-corrected chi connectivity index (χ3v) is 5.94. The Kier molecular flexibility index (Phi) is 4.58. The number of furan rings is 1. The van der Waals surface area contributed by atoms with Crippen molar-refractivity contribution in [2.24, 2.45) is 0 Å². The summed E-state index contributed by atoms with van der Waals surface area (Å²) in [7, 11) is 1.62. The summed E-state index contributed by atoms with van der Waals surface area (Å²) in [6.07, 6.45) is 3.10. The number of rotatable bonds is 7. The van der Waals surface area contributed by atoms with Gasteiger partial charge in [0.25, 0.3) is 0 Å². The Morgan fingerprint density at radius 3 is 2.67 bits per heavy atom. The molecule has 0 radical (unpaired) electrons. The smallest absolute Gasteiger partial charge is 0.238 e. The summed E-state index contributed by atoms with van der Waals surface area (Å²) in [4.78, 5) is 26.7. The zero-order chi connectivity index (χ0) is 18.9. The first-order valence-corrected chi connectivity index (χ1v) is 9.54. The van der Waals surface area contributed by atoms with Crippen LogP contribution in [0.25, 0.3) is 0 Å². The Morgan fingerprint density at radius 1 is 1.15 bits per heavy atom.